The number of aliphatic hydroxyl groups excluding tert-OH is 1. The van der Waals surface area contributed by atoms with Crippen LogP contribution in [0.4, 0.5) is 0 Å². The van der Waals surface area contributed by atoms with Gasteiger partial charge in [0.1, 0.15) is 6.10 Å². The van der Waals surface area contributed by atoms with Crippen LogP contribution in [0.3, 0.4) is 0 Å². The predicted octanol–water partition coefficient (Wildman–Crippen LogP) is 3.91. The van der Waals surface area contributed by atoms with E-state index in [9.17, 15) is 10.4 Å². The molecule has 4 heteroatoms. The molecule has 1 aromatic rings. The van der Waals surface area contributed by atoms with Crippen LogP contribution in [0, 0.1) is 16.7 Å². The molecule has 1 atom stereocenters. The van der Waals surface area contributed by atoms with Crippen LogP contribution in [0.15, 0.2) is 11.4 Å². The highest BCUT2D eigenvalue weighted by Crippen LogP contribution is 2.47. The third-order valence-electron chi connectivity index (χ3n) is 3.35. The fourth-order valence-electron chi connectivity index (χ4n) is 2.37. The second-order valence-electron chi connectivity index (χ2n) is 4.40. The smallest absolute Gasteiger partial charge is 0.107 e. The lowest BCUT2D eigenvalue weighted by Gasteiger charge is -2.34. The minimum Gasteiger partial charge on any atom is -0.386 e. The lowest BCUT2D eigenvalue weighted by molar-refractivity contribution is 0.0387. The number of hydrogen-bond acceptors (Lipinski definition) is 3. The van der Waals surface area contributed by atoms with E-state index in [1.807, 2.05) is 0 Å². The van der Waals surface area contributed by atoms with Crippen molar-refractivity contribution in [2.45, 2.75) is 38.2 Å². The zero-order valence-electron chi connectivity index (χ0n) is 8.95. The standard InChI is InChI=1S/C12H14ClNOS/c13-9-6-10(16-7-9)11(15)12(8-14)4-2-1-3-5-12/h6-7,11,15H,1-5H2. The van der Waals surface area contributed by atoms with Gasteiger partial charge in [0.2, 0.25) is 0 Å². The highest BCUT2D eigenvalue weighted by molar-refractivity contribution is 7.10. The van der Waals surface area contributed by atoms with Crippen LogP contribution in [0.2, 0.25) is 5.02 Å². The molecule has 1 aromatic heterocycles. The maximum atomic E-state index is 10.3. The summed E-state index contributed by atoms with van der Waals surface area (Å²) < 4.78 is 0. The molecule has 0 radical (unpaired) electrons. The van der Waals surface area contributed by atoms with E-state index in [-0.39, 0.29) is 0 Å². The Labute approximate surface area is 104 Å². The van der Waals surface area contributed by atoms with Crippen molar-refractivity contribution in [2.75, 3.05) is 0 Å². The quantitative estimate of drug-likeness (QED) is 0.871. The van der Waals surface area contributed by atoms with Gasteiger partial charge in [-0.2, -0.15) is 5.26 Å². The summed E-state index contributed by atoms with van der Waals surface area (Å²) in [4.78, 5) is 0.813. The maximum Gasteiger partial charge on any atom is 0.107 e. The average molecular weight is 256 g/mol. The Balaban J connectivity index is 2.24. The van der Waals surface area contributed by atoms with Crippen LogP contribution in [-0.2, 0) is 0 Å². The average Bonchev–Trinajstić information content (AvgIpc) is 2.76. The molecular weight excluding hydrogens is 242 g/mol. The lowest BCUT2D eigenvalue weighted by atomic mass is 9.71. The number of thiophene rings is 1. The molecule has 1 heterocycles. The largest absolute Gasteiger partial charge is 0.386 e. The van der Waals surface area contributed by atoms with Gasteiger partial charge in [-0.3, -0.25) is 0 Å². The minimum absolute atomic E-state index is 0.591. The number of rotatable bonds is 2. The summed E-state index contributed by atoms with van der Waals surface area (Å²) >= 11 is 7.28. The van der Waals surface area contributed by atoms with Gasteiger partial charge >= 0.3 is 0 Å². The molecule has 1 fully saturated rings. The highest BCUT2D eigenvalue weighted by Gasteiger charge is 2.40. The Morgan fingerprint density at radius 2 is 2.12 bits per heavy atom. The monoisotopic (exact) mass is 255 g/mol. The van der Waals surface area contributed by atoms with Gasteiger partial charge in [-0.1, -0.05) is 30.9 Å². The van der Waals surface area contributed by atoms with Crippen molar-refractivity contribution in [1.82, 2.24) is 0 Å². The first kappa shape index (κ1) is 11.9. The first-order chi connectivity index (χ1) is 7.68. The highest BCUT2D eigenvalue weighted by atomic mass is 35.5. The fourth-order valence-corrected chi connectivity index (χ4v) is 3.56. The second-order valence-corrected chi connectivity index (χ2v) is 5.78. The number of nitrogens with zero attached hydrogens (tertiary/aromatic N) is 1. The Kier molecular flexibility index (Phi) is 3.53. The summed E-state index contributed by atoms with van der Waals surface area (Å²) in [5.41, 5.74) is -0.591. The predicted molar refractivity (Wildman–Crippen MR) is 65.4 cm³/mol. The minimum atomic E-state index is -0.685. The molecule has 1 aliphatic rings. The van der Waals surface area contributed by atoms with Crippen molar-refractivity contribution in [3.8, 4) is 6.07 Å². The molecule has 2 rings (SSSR count). The van der Waals surface area contributed by atoms with Gasteiger partial charge in [-0.15, -0.1) is 11.3 Å². The third kappa shape index (κ3) is 2.10. The van der Waals surface area contributed by atoms with Crippen LogP contribution in [0.1, 0.15) is 43.1 Å². The van der Waals surface area contributed by atoms with Gasteiger partial charge in [-0.25, -0.2) is 0 Å². The van der Waals surface area contributed by atoms with Crippen LogP contribution in [0.25, 0.3) is 0 Å². The number of aliphatic hydroxyl groups is 1. The summed E-state index contributed by atoms with van der Waals surface area (Å²) in [5, 5.41) is 22.1. The Morgan fingerprint density at radius 3 is 2.62 bits per heavy atom. The van der Waals surface area contributed by atoms with Gasteiger partial charge in [0.15, 0.2) is 0 Å². The van der Waals surface area contributed by atoms with Crippen LogP contribution < -0.4 is 0 Å². The van der Waals surface area contributed by atoms with Gasteiger partial charge in [0.05, 0.1) is 16.5 Å². The van der Waals surface area contributed by atoms with Crippen LogP contribution in [-0.4, -0.2) is 5.11 Å². The summed E-state index contributed by atoms with van der Waals surface area (Å²) in [6, 6.07) is 4.11. The van der Waals surface area contributed by atoms with E-state index in [1.54, 1.807) is 11.4 Å². The lowest BCUT2D eigenvalue weighted by Crippen LogP contribution is -2.29. The Hall–Kier alpha value is -0.560. The molecule has 86 valence electrons. The van der Waals surface area contributed by atoms with Crippen molar-refractivity contribution < 1.29 is 5.11 Å². The first-order valence-corrected chi connectivity index (χ1v) is 6.77. The van der Waals surface area contributed by atoms with E-state index in [0.717, 1.165) is 30.6 Å². The normalized spacial score (nSPS) is 21.3. The number of hydrogen-bond donors (Lipinski definition) is 1. The van der Waals surface area contributed by atoms with Crippen LogP contribution in [0.5, 0.6) is 0 Å². The van der Waals surface area contributed by atoms with Crippen molar-refractivity contribution in [2.24, 2.45) is 5.41 Å². The van der Waals surface area contributed by atoms with E-state index >= 15 is 0 Å². The first-order valence-electron chi connectivity index (χ1n) is 5.51. The van der Waals surface area contributed by atoms with E-state index in [2.05, 4.69) is 6.07 Å². The van der Waals surface area contributed by atoms with Crippen molar-refractivity contribution in [3.05, 3.63) is 21.3 Å². The zero-order valence-corrected chi connectivity index (χ0v) is 10.5. The van der Waals surface area contributed by atoms with Gasteiger partial charge in [-0.05, 0) is 18.9 Å². The SMILES string of the molecule is N#CC1(C(O)c2cc(Cl)cs2)CCCCC1. The van der Waals surface area contributed by atoms with Gasteiger partial charge < -0.3 is 5.11 Å². The van der Waals surface area contributed by atoms with E-state index < -0.39 is 11.5 Å². The number of halogens is 1. The Bertz CT molecular complexity index is 403. The van der Waals surface area contributed by atoms with E-state index in [0.29, 0.717) is 5.02 Å². The third-order valence-corrected chi connectivity index (χ3v) is 4.68. The van der Waals surface area contributed by atoms with Crippen molar-refractivity contribution >= 4 is 22.9 Å². The second kappa shape index (κ2) is 4.75. The molecule has 0 saturated heterocycles. The maximum absolute atomic E-state index is 10.3. The number of nitriles is 1. The van der Waals surface area contributed by atoms with Crippen molar-refractivity contribution in [3.63, 3.8) is 0 Å². The summed E-state index contributed by atoms with van der Waals surface area (Å²) in [7, 11) is 0. The van der Waals surface area contributed by atoms with Gasteiger partial charge in [0.25, 0.3) is 0 Å². The summed E-state index contributed by atoms with van der Waals surface area (Å²) in [5.74, 6) is 0. The molecule has 0 spiro atoms. The molecule has 16 heavy (non-hydrogen) atoms. The van der Waals surface area contributed by atoms with Crippen LogP contribution >= 0.6 is 22.9 Å². The zero-order chi connectivity index (χ0) is 11.6. The molecule has 1 N–H and O–H groups in total. The van der Waals surface area contributed by atoms with E-state index in [1.165, 1.54) is 17.8 Å². The summed E-state index contributed by atoms with van der Waals surface area (Å²) in [6.07, 6.45) is 4.13. The molecule has 1 aliphatic carbocycles. The molecule has 2 nitrogen and oxygen atoms in total. The van der Waals surface area contributed by atoms with Gasteiger partial charge in [0, 0.05) is 10.3 Å². The molecule has 0 amide bonds. The molecule has 1 saturated carbocycles. The molecule has 0 aliphatic heterocycles. The molecule has 0 bridgehead atoms. The molecule has 1 unspecified atom stereocenters. The summed E-state index contributed by atoms with van der Waals surface area (Å²) in [6.45, 7) is 0. The van der Waals surface area contributed by atoms with E-state index in [4.69, 9.17) is 11.6 Å². The topological polar surface area (TPSA) is 44.0 Å². The van der Waals surface area contributed by atoms with Crippen molar-refractivity contribution in [1.29, 1.82) is 5.26 Å². The molecular formula is C12H14ClNOS. The molecule has 0 aromatic carbocycles. The Morgan fingerprint density at radius 1 is 1.44 bits per heavy atom. The fraction of sp³-hybridized carbons (Fsp3) is 0.583.